The molecule has 0 amide bonds. The van der Waals surface area contributed by atoms with Crippen LogP contribution in [0.1, 0.15) is 16.2 Å². The summed E-state index contributed by atoms with van der Waals surface area (Å²) in [5.41, 5.74) is -0.237. The normalized spacial score (nSPS) is 11.4. The van der Waals surface area contributed by atoms with Crippen LogP contribution in [0.25, 0.3) is 10.2 Å². The van der Waals surface area contributed by atoms with Crippen molar-refractivity contribution in [2.24, 2.45) is 0 Å². The van der Waals surface area contributed by atoms with E-state index >= 15 is 0 Å². The highest BCUT2D eigenvalue weighted by Gasteiger charge is 2.18. The number of hydrogen-bond donors (Lipinski definition) is 1. The first-order valence-corrected chi connectivity index (χ1v) is 6.66. The van der Waals surface area contributed by atoms with Gasteiger partial charge in [0.15, 0.2) is 0 Å². The summed E-state index contributed by atoms with van der Waals surface area (Å²) >= 11 is 1.19. The molecule has 0 aliphatic heterocycles. The predicted molar refractivity (Wildman–Crippen MR) is 74.1 cm³/mol. The van der Waals surface area contributed by atoms with Crippen LogP contribution in [-0.2, 0) is 6.54 Å². The molecule has 2 aromatic rings. The molecule has 2 heterocycles. The van der Waals surface area contributed by atoms with Crippen LogP contribution in [0, 0.1) is 6.92 Å². The number of carboxylic acids is 1. The number of carboxylic acid groups (broad SMARTS) is 1. The Labute approximate surface area is 113 Å². The van der Waals surface area contributed by atoms with Crippen molar-refractivity contribution in [2.75, 3.05) is 20.6 Å². The van der Waals surface area contributed by atoms with Gasteiger partial charge in [0, 0.05) is 18.5 Å². The summed E-state index contributed by atoms with van der Waals surface area (Å²) in [7, 11) is 3.83. The highest BCUT2D eigenvalue weighted by Crippen LogP contribution is 2.21. The molecule has 0 aliphatic carbocycles. The Hall–Kier alpha value is -1.73. The number of aromatic nitrogens is 2. The van der Waals surface area contributed by atoms with E-state index in [0.717, 1.165) is 0 Å². The molecular weight excluding hydrogens is 266 g/mol. The third kappa shape index (κ3) is 2.52. The molecular formula is C12H15N3O3S. The average Bonchev–Trinajstić information content (AvgIpc) is 2.72. The monoisotopic (exact) mass is 281 g/mol. The number of hydrogen-bond acceptors (Lipinski definition) is 5. The zero-order valence-corrected chi connectivity index (χ0v) is 11.8. The molecule has 2 aromatic heterocycles. The van der Waals surface area contributed by atoms with Crippen LogP contribution in [0.3, 0.4) is 0 Å². The second-order valence-corrected chi connectivity index (χ2v) is 5.41. The summed E-state index contributed by atoms with van der Waals surface area (Å²) in [6.45, 7) is 2.95. The number of aryl methyl sites for hydroxylation is 1. The van der Waals surface area contributed by atoms with Crippen molar-refractivity contribution in [3.63, 3.8) is 0 Å². The minimum atomic E-state index is -1.09. The smallest absolute Gasteiger partial charge is 0.337 e. The van der Waals surface area contributed by atoms with Gasteiger partial charge in [-0.2, -0.15) is 0 Å². The number of thiophene rings is 1. The summed E-state index contributed by atoms with van der Waals surface area (Å²) in [5, 5.41) is 10.8. The van der Waals surface area contributed by atoms with Gasteiger partial charge in [0.2, 0.25) is 0 Å². The van der Waals surface area contributed by atoms with E-state index in [-0.39, 0.29) is 16.5 Å². The first kappa shape index (κ1) is 13.7. The predicted octanol–water partition coefficient (Wildman–Crippen LogP) is 1.03. The summed E-state index contributed by atoms with van der Waals surface area (Å²) in [4.78, 5) is 30.3. The SMILES string of the molecule is Cc1nc2scc(C(=O)O)c2c(=O)n1CCN(C)C. The van der Waals surface area contributed by atoms with Gasteiger partial charge in [0.25, 0.3) is 5.56 Å². The largest absolute Gasteiger partial charge is 0.478 e. The second-order valence-electron chi connectivity index (χ2n) is 4.55. The van der Waals surface area contributed by atoms with Crippen molar-refractivity contribution in [1.29, 1.82) is 0 Å². The number of rotatable bonds is 4. The molecule has 0 fully saturated rings. The van der Waals surface area contributed by atoms with Crippen molar-refractivity contribution in [3.8, 4) is 0 Å². The van der Waals surface area contributed by atoms with Gasteiger partial charge in [-0.05, 0) is 21.0 Å². The molecule has 7 heteroatoms. The van der Waals surface area contributed by atoms with Gasteiger partial charge in [-0.25, -0.2) is 9.78 Å². The van der Waals surface area contributed by atoms with Crippen LogP contribution in [0.5, 0.6) is 0 Å². The second kappa shape index (κ2) is 5.10. The topological polar surface area (TPSA) is 75.4 Å². The van der Waals surface area contributed by atoms with Gasteiger partial charge in [0.1, 0.15) is 10.7 Å². The summed E-state index contributed by atoms with van der Waals surface area (Å²) in [6.07, 6.45) is 0. The van der Waals surface area contributed by atoms with Crippen molar-refractivity contribution in [1.82, 2.24) is 14.5 Å². The quantitative estimate of drug-likeness (QED) is 0.905. The fourth-order valence-corrected chi connectivity index (χ4v) is 2.79. The van der Waals surface area contributed by atoms with Gasteiger partial charge in [-0.15, -0.1) is 11.3 Å². The Bertz CT molecular complexity index is 687. The molecule has 6 nitrogen and oxygen atoms in total. The molecule has 102 valence electrons. The first-order valence-electron chi connectivity index (χ1n) is 5.78. The Morgan fingerprint density at radius 2 is 2.21 bits per heavy atom. The van der Waals surface area contributed by atoms with E-state index in [1.54, 1.807) is 6.92 Å². The molecule has 0 bridgehead atoms. The summed E-state index contributed by atoms with van der Waals surface area (Å²) < 4.78 is 1.53. The standard InChI is InChI=1S/C12H15N3O3S/c1-7-13-10-9(8(6-19-10)12(17)18)11(16)15(7)5-4-14(2)3/h6H,4-5H2,1-3H3,(H,17,18). The van der Waals surface area contributed by atoms with Gasteiger partial charge < -0.3 is 10.0 Å². The molecule has 0 spiro atoms. The van der Waals surface area contributed by atoms with E-state index in [1.807, 2.05) is 19.0 Å². The molecule has 0 saturated heterocycles. The molecule has 2 rings (SSSR count). The molecule has 0 aliphatic rings. The van der Waals surface area contributed by atoms with Crippen LogP contribution >= 0.6 is 11.3 Å². The van der Waals surface area contributed by atoms with E-state index in [0.29, 0.717) is 23.7 Å². The zero-order valence-electron chi connectivity index (χ0n) is 11.0. The fourth-order valence-electron chi connectivity index (χ4n) is 1.85. The van der Waals surface area contributed by atoms with E-state index in [4.69, 9.17) is 5.11 Å². The fraction of sp³-hybridized carbons (Fsp3) is 0.417. The Balaban J connectivity index is 2.62. The summed E-state index contributed by atoms with van der Waals surface area (Å²) in [5.74, 6) is -0.480. The number of fused-ring (bicyclic) bond motifs is 1. The molecule has 1 N–H and O–H groups in total. The first-order chi connectivity index (χ1) is 8.91. The van der Waals surface area contributed by atoms with Crippen molar-refractivity contribution < 1.29 is 9.90 Å². The van der Waals surface area contributed by atoms with E-state index in [1.165, 1.54) is 21.3 Å². The third-order valence-electron chi connectivity index (χ3n) is 2.89. The Morgan fingerprint density at radius 1 is 1.53 bits per heavy atom. The highest BCUT2D eigenvalue weighted by molar-refractivity contribution is 7.17. The van der Waals surface area contributed by atoms with E-state index < -0.39 is 5.97 Å². The van der Waals surface area contributed by atoms with Crippen LogP contribution in [0.4, 0.5) is 0 Å². The maximum atomic E-state index is 12.4. The Morgan fingerprint density at radius 3 is 2.79 bits per heavy atom. The number of nitrogens with zero attached hydrogens (tertiary/aromatic N) is 3. The lowest BCUT2D eigenvalue weighted by molar-refractivity contribution is 0.0699. The maximum absolute atomic E-state index is 12.4. The lowest BCUT2D eigenvalue weighted by Gasteiger charge is -2.13. The van der Waals surface area contributed by atoms with Crippen LogP contribution < -0.4 is 5.56 Å². The summed E-state index contributed by atoms with van der Waals surface area (Å²) in [6, 6.07) is 0. The molecule has 19 heavy (non-hydrogen) atoms. The Kier molecular flexibility index (Phi) is 3.68. The highest BCUT2D eigenvalue weighted by atomic mass is 32.1. The number of likely N-dealkylation sites (N-methyl/N-ethyl adjacent to an activating group) is 1. The number of carbonyl (C=O) groups is 1. The maximum Gasteiger partial charge on any atom is 0.337 e. The van der Waals surface area contributed by atoms with Gasteiger partial charge in [0.05, 0.1) is 10.9 Å². The van der Waals surface area contributed by atoms with E-state index in [2.05, 4.69) is 4.98 Å². The van der Waals surface area contributed by atoms with Gasteiger partial charge in [-0.1, -0.05) is 0 Å². The van der Waals surface area contributed by atoms with Crippen molar-refractivity contribution >= 4 is 27.5 Å². The molecule has 0 radical (unpaired) electrons. The zero-order chi connectivity index (χ0) is 14.2. The molecule has 0 saturated carbocycles. The van der Waals surface area contributed by atoms with Crippen molar-refractivity contribution in [2.45, 2.75) is 13.5 Å². The van der Waals surface area contributed by atoms with Gasteiger partial charge in [-0.3, -0.25) is 9.36 Å². The molecule has 0 unspecified atom stereocenters. The van der Waals surface area contributed by atoms with Crippen LogP contribution in [0.2, 0.25) is 0 Å². The molecule has 0 atom stereocenters. The third-order valence-corrected chi connectivity index (χ3v) is 3.76. The number of aromatic carboxylic acids is 1. The van der Waals surface area contributed by atoms with Crippen LogP contribution in [0.15, 0.2) is 10.2 Å². The average molecular weight is 281 g/mol. The molecule has 0 aromatic carbocycles. The lowest BCUT2D eigenvalue weighted by atomic mass is 10.2. The minimum Gasteiger partial charge on any atom is -0.478 e. The van der Waals surface area contributed by atoms with Crippen LogP contribution in [-0.4, -0.2) is 46.2 Å². The van der Waals surface area contributed by atoms with Gasteiger partial charge >= 0.3 is 5.97 Å². The lowest BCUT2D eigenvalue weighted by Crippen LogP contribution is -2.29. The van der Waals surface area contributed by atoms with Crippen molar-refractivity contribution in [3.05, 3.63) is 27.1 Å². The van der Waals surface area contributed by atoms with E-state index in [9.17, 15) is 9.59 Å². The minimum absolute atomic E-state index is 0.0381.